The first-order valence-corrected chi connectivity index (χ1v) is 15.5. The van der Waals surface area contributed by atoms with E-state index in [1.807, 2.05) is 60.7 Å². The number of hydrogen-bond acceptors (Lipinski definition) is 7. The minimum atomic E-state index is -1.93. The Morgan fingerprint density at radius 3 is 1.98 bits per heavy atom. The first kappa shape index (κ1) is 30.2. The number of rotatable bonds is 8. The Morgan fingerprint density at radius 1 is 0.787 bits per heavy atom. The van der Waals surface area contributed by atoms with Gasteiger partial charge < -0.3 is 24.6 Å². The lowest BCUT2D eigenvalue weighted by atomic mass is 9.82. The Kier molecular flexibility index (Phi) is 7.75. The molecule has 0 radical (unpaired) electrons. The van der Waals surface area contributed by atoms with Crippen LogP contribution in [0.4, 0.5) is 28.4 Å². The highest BCUT2D eigenvalue weighted by Crippen LogP contribution is 2.49. The molecule has 0 aromatic heterocycles. The fraction of sp³-hybridized carbons (Fsp3) is 0.216. The van der Waals surface area contributed by atoms with Crippen LogP contribution in [0, 0.1) is 5.92 Å². The van der Waals surface area contributed by atoms with Gasteiger partial charge in [-0.05, 0) is 66.6 Å². The highest BCUT2D eigenvalue weighted by atomic mass is 16.5. The Labute approximate surface area is 271 Å². The molecule has 0 fully saturated rings. The van der Waals surface area contributed by atoms with E-state index in [4.69, 9.17) is 9.47 Å². The second kappa shape index (κ2) is 12.1. The second-order valence-corrected chi connectivity index (χ2v) is 11.7. The molecule has 3 amide bonds. The first-order valence-electron chi connectivity index (χ1n) is 15.5. The molecule has 3 aliphatic rings. The van der Waals surface area contributed by atoms with Gasteiger partial charge in [0.15, 0.2) is 18.8 Å². The van der Waals surface area contributed by atoms with Crippen LogP contribution in [-0.2, 0) is 26.5 Å². The Balaban J connectivity index is 1.24. The van der Waals surface area contributed by atoms with Gasteiger partial charge in [-0.15, -0.1) is 0 Å². The van der Waals surface area contributed by atoms with Crippen LogP contribution in [0.25, 0.3) is 0 Å². The molecule has 2 atom stereocenters. The third-order valence-corrected chi connectivity index (χ3v) is 8.84. The van der Waals surface area contributed by atoms with E-state index < -0.39 is 17.4 Å². The number of aliphatic hydroxyl groups is 2. The molecular formula is C37H33N3O7. The number of benzene rings is 4. The average molecular weight is 632 g/mol. The Bertz CT molecular complexity index is 1910. The van der Waals surface area contributed by atoms with Crippen molar-refractivity contribution in [1.29, 1.82) is 0 Å². The minimum Gasteiger partial charge on any atom is -0.482 e. The van der Waals surface area contributed by atoms with Crippen LogP contribution in [-0.4, -0.2) is 47.8 Å². The SMILES string of the molecule is C[C@@H](/C=C/CCO)[C@]1(O)C(=O)N(Cc2ccc(N3C(=O)COc4ccccc43)cc2)c2ccc(N3C(=O)COc4ccccc43)cc21. The highest BCUT2D eigenvalue weighted by Gasteiger charge is 2.53. The maximum atomic E-state index is 14.2. The summed E-state index contributed by atoms with van der Waals surface area (Å²) in [5, 5.41) is 21.6. The lowest BCUT2D eigenvalue weighted by molar-refractivity contribution is -0.139. The van der Waals surface area contributed by atoms with E-state index in [0.29, 0.717) is 51.9 Å². The third-order valence-electron chi connectivity index (χ3n) is 8.84. The summed E-state index contributed by atoms with van der Waals surface area (Å²) in [5.74, 6) is -0.426. The van der Waals surface area contributed by atoms with Crippen LogP contribution in [0.3, 0.4) is 0 Å². The molecule has 4 aromatic carbocycles. The largest absolute Gasteiger partial charge is 0.482 e. The summed E-state index contributed by atoms with van der Waals surface area (Å²) in [7, 11) is 0. The molecule has 0 saturated heterocycles. The van der Waals surface area contributed by atoms with Crippen molar-refractivity contribution in [2.75, 3.05) is 34.5 Å². The molecule has 47 heavy (non-hydrogen) atoms. The summed E-state index contributed by atoms with van der Waals surface area (Å²) in [6.45, 7) is 1.66. The van der Waals surface area contributed by atoms with Gasteiger partial charge in [0.2, 0.25) is 0 Å². The first-order chi connectivity index (χ1) is 22.8. The number of carbonyl (C=O) groups excluding carboxylic acids is 3. The average Bonchev–Trinajstić information content (AvgIpc) is 3.30. The maximum absolute atomic E-state index is 14.2. The summed E-state index contributed by atoms with van der Waals surface area (Å²) in [4.78, 5) is 44.9. The van der Waals surface area contributed by atoms with E-state index in [1.165, 1.54) is 0 Å². The summed E-state index contributed by atoms with van der Waals surface area (Å²) >= 11 is 0. The fourth-order valence-electron chi connectivity index (χ4n) is 6.45. The van der Waals surface area contributed by atoms with Crippen LogP contribution in [0.1, 0.15) is 24.5 Å². The summed E-state index contributed by atoms with van der Waals surface area (Å²) in [5.41, 5.74) is 2.16. The normalized spacial score (nSPS) is 19.3. The summed E-state index contributed by atoms with van der Waals surface area (Å²) in [6.07, 6.45) is 3.86. The number of fused-ring (bicyclic) bond motifs is 3. The van der Waals surface area contributed by atoms with Crippen LogP contribution in [0.5, 0.6) is 11.5 Å². The number of anilines is 5. The molecular weight excluding hydrogens is 598 g/mol. The topological polar surface area (TPSA) is 120 Å². The van der Waals surface area contributed by atoms with Crippen LogP contribution in [0.2, 0.25) is 0 Å². The predicted molar refractivity (Wildman–Crippen MR) is 176 cm³/mol. The summed E-state index contributed by atoms with van der Waals surface area (Å²) < 4.78 is 11.2. The number of nitrogens with zero attached hydrogens (tertiary/aromatic N) is 3. The predicted octanol–water partition coefficient (Wildman–Crippen LogP) is 5.11. The second-order valence-electron chi connectivity index (χ2n) is 11.7. The van der Waals surface area contributed by atoms with Gasteiger partial charge in [-0.3, -0.25) is 24.2 Å². The number of ether oxygens (including phenoxy) is 2. The molecule has 3 aliphatic heterocycles. The van der Waals surface area contributed by atoms with Crippen molar-refractivity contribution in [3.8, 4) is 11.5 Å². The number of para-hydroxylation sites is 4. The van der Waals surface area contributed by atoms with Gasteiger partial charge in [-0.1, -0.05) is 55.5 Å². The van der Waals surface area contributed by atoms with Crippen LogP contribution in [0.15, 0.2) is 103 Å². The monoisotopic (exact) mass is 631 g/mol. The van der Waals surface area contributed by atoms with E-state index in [1.54, 1.807) is 64.1 Å². The molecule has 3 heterocycles. The Morgan fingerprint density at radius 2 is 1.36 bits per heavy atom. The molecule has 0 bridgehead atoms. The standard InChI is InChI=1S/C37H33N3O7/c1-24(8-6-7-19-41)37(45)28-20-27(40-31-10-3-5-12-33(31)47-23-35(40)43)17-18-29(28)38(36(37)44)21-25-13-15-26(16-14-25)39-30-9-2-4-11-32(30)46-22-34(39)42/h2-6,8-18,20,24,41,45H,7,19,21-23H2,1H3/b8-6+/t24-,37+/m0/s1. The number of hydrogen-bond donors (Lipinski definition) is 2. The Hall–Kier alpha value is -5.45. The van der Waals surface area contributed by atoms with E-state index in [0.717, 1.165) is 5.56 Å². The van der Waals surface area contributed by atoms with Crippen molar-refractivity contribution in [1.82, 2.24) is 0 Å². The third kappa shape index (κ3) is 5.11. The number of aliphatic hydroxyl groups excluding tert-OH is 1. The van der Waals surface area contributed by atoms with Crippen molar-refractivity contribution in [2.24, 2.45) is 5.92 Å². The van der Waals surface area contributed by atoms with Crippen molar-refractivity contribution < 1.29 is 34.1 Å². The lowest BCUT2D eigenvalue weighted by Crippen LogP contribution is -2.44. The maximum Gasteiger partial charge on any atom is 0.269 e. The van der Waals surface area contributed by atoms with Crippen LogP contribution >= 0.6 is 0 Å². The number of carbonyl (C=O) groups is 3. The fourth-order valence-corrected chi connectivity index (χ4v) is 6.45. The van der Waals surface area contributed by atoms with Gasteiger partial charge in [0.25, 0.3) is 17.7 Å². The molecule has 10 nitrogen and oxygen atoms in total. The zero-order chi connectivity index (χ0) is 32.7. The molecule has 0 saturated carbocycles. The van der Waals surface area contributed by atoms with Gasteiger partial charge in [0.05, 0.1) is 23.6 Å². The van der Waals surface area contributed by atoms with Crippen molar-refractivity contribution >= 4 is 46.2 Å². The molecule has 7 rings (SSSR count). The van der Waals surface area contributed by atoms with Crippen molar-refractivity contribution in [3.63, 3.8) is 0 Å². The highest BCUT2D eigenvalue weighted by molar-refractivity contribution is 6.09. The molecule has 4 aromatic rings. The van der Waals surface area contributed by atoms with Crippen molar-refractivity contribution in [3.05, 3.63) is 114 Å². The van der Waals surface area contributed by atoms with Gasteiger partial charge in [0.1, 0.15) is 11.5 Å². The molecule has 238 valence electrons. The van der Waals surface area contributed by atoms with Gasteiger partial charge in [0, 0.05) is 29.5 Å². The van der Waals surface area contributed by atoms with Crippen LogP contribution < -0.4 is 24.2 Å². The molecule has 10 heteroatoms. The van der Waals surface area contributed by atoms with Crippen molar-refractivity contribution in [2.45, 2.75) is 25.5 Å². The smallest absolute Gasteiger partial charge is 0.269 e. The van der Waals surface area contributed by atoms with E-state index in [2.05, 4.69) is 0 Å². The number of amides is 3. The van der Waals surface area contributed by atoms with E-state index >= 15 is 0 Å². The zero-order valence-electron chi connectivity index (χ0n) is 25.7. The van der Waals surface area contributed by atoms with Gasteiger partial charge in [-0.25, -0.2) is 0 Å². The lowest BCUT2D eigenvalue weighted by Gasteiger charge is -2.31. The molecule has 0 spiro atoms. The van der Waals surface area contributed by atoms with E-state index in [-0.39, 0.29) is 38.2 Å². The zero-order valence-corrected chi connectivity index (χ0v) is 25.7. The minimum absolute atomic E-state index is 0.0569. The molecule has 0 unspecified atom stereocenters. The van der Waals surface area contributed by atoms with Gasteiger partial charge >= 0.3 is 0 Å². The van der Waals surface area contributed by atoms with Gasteiger partial charge in [-0.2, -0.15) is 0 Å². The van der Waals surface area contributed by atoms with E-state index in [9.17, 15) is 24.6 Å². The molecule has 2 N–H and O–H groups in total. The molecule has 0 aliphatic carbocycles. The quantitative estimate of drug-likeness (QED) is 0.260. The summed E-state index contributed by atoms with van der Waals surface area (Å²) in [6, 6.07) is 27.2.